The zero-order chi connectivity index (χ0) is 30.0. The van der Waals surface area contributed by atoms with Gasteiger partial charge in [0.25, 0.3) is 0 Å². The number of nitrogens with zero attached hydrogens (tertiary/aromatic N) is 5. The molecule has 0 atom stereocenters. The van der Waals surface area contributed by atoms with Crippen LogP contribution in [0.1, 0.15) is 41.7 Å². The zero-order valence-corrected chi connectivity index (χ0v) is 25.3. The molecule has 0 aliphatic rings. The number of aryl methyl sites for hydroxylation is 3. The van der Waals surface area contributed by atoms with Crippen LogP contribution in [-0.2, 0) is 19.5 Å². The normalized spacial score (nSPS) is 11.5. The summed E-state index contributed by atoms with van der Waals surface area (Å²) in [5.74, 6) is 2.38. The number of rotatable bonds is 10. The first-order chi connectivity index (χ1) is 20.2. The van der Waals surface area contributed by atoms with Crippen molar-refractivity contribution in [3.8, 4) is 28.3 Å². The fourth-order valence-corrected chi connectivity index (χ4v) is 5.47. The van der Waals surface area contributed by atoms with Gasteiger partial charge in [-0.2, -0.15) is 0 Å². The fraction of sp³-hybridized carbons (Fsp3) is 0.324. The van der Waals surface area contributed by atoms with Crippen LogP contribution >= 0.6 is 0 Å². The summed E-state index contributed by atoms with van der Waals surface area (Å²) in [5, 5.41) is 9.13. The summed E-state index contributed by atoms with van der Waals surface area (Å²) in [6.07, 6.45) is 0.563. The van der Waals surface area contributed by atoms with Crippen molar-refractivity contribution in [2.45, 2.75) is 53.6 Å². The van der Waals surface area contributed by atoms with Gasteiger partial charge in [0.05, 0.1) is 16.7 Å². The highest BCUT2D eigenvalue weighted by Crippen LogP contribution is 2.32. The molecule has 0 saturated heterocycles. The van der Waals surface area contributed by atoms with Crippen LogP contribution in [0.2, 0.25) is 0 Å². The van der Waals surface area contributed by atoms with E-state index in [1.54, 1.807) is 12.1 Å². The SMILES string of the molecule is CCCc1nc2c(C)cc(-c3nc(C)c(C)n3CCN(C)C)cc2n1Cc1ccc(-c2ccccc2OC(=O)O)cc1. The summed E-state index contributed by atoms with van der Waals surface area (Å²) in [6.45, 7) is 11.0. The molecule has 5 rings (SSSR count). The molecule has 0 amide bonds. The lowest BCUT2D eigenvalue weighted by Crippen LogP contribution is -2.19. The Hall–Kier alpha value is -4.43. The number of hydrogen-bond donors (Lipinski definition) is 1. The molecule has 218 valence electrons. The Labute approximate surface area is 247 Å². The number of carboxylic acid groups (broad SMARTS) is 1. The predicted molar refractivity (Wildman–Crippen MR) is 167 cm³/mol. The van der Waals surface area contributed by atoms with Gasteiger partial charge in [0.2, 0.25) is 0 Å². The van der Waals surface area contributed by atoms with E-state index in [1.165, 1.54) is 5.69 Å². The minimum absolute atomic E-state index is 0.320. The van der Waals surface area contributed by atoms with Crippen molar-refractivity contribution in [3.05, 3.63) is 89.0 Å². The van der Waals surface area contributed by atoms with E-state index in [0.717, 1.165) is 82.1 Å². The van der Waals surface area contributed by atoms with E-state index in [4.69, 9.17) is 19.8 Å². The van der Waals surface area contributed by atoms with Gasteiger partial charge in [0, 0.05) is 42.9 Å². The molecule has 0 aliphatic carbocycles. The third-order valence-corrected chi connectivity index (χ3v) is 7.77. The second-order valence-electron chi connectivity index (χ2n) is 11.1. The molecule has 0 radical (unpaired) electrons. The van der Waals surface area contributed by atoms with Crippen molar-refractivity contribution in [1.82, 2.24) is 24.0 Å². The van der Waals surface area contributed by atoms with E-state index < -0.39 is 6.16 Å². The van der Waals surface area contributed by atoms with Crippen molar-refractivity contribution in [3.63, 3.8) is 0 Å². The molecule has 0 unspecified atom stereocenters. The topological polar surface area (TPSA) is 85.4 Å². The van der Waals surface area contributed by atoms with Crippen LogP contribution in [-0.4, -0.2) is 55.9 Å². The number of para-hydroxylation sites is 1. The van der Waals surface area contributed by atoms with Gasteiger partial charge in [-0.1, -0.05) is 49.4 Å². The Balaban J connectivity index is 1.54. The Bertz CT molecular complexity index is 1730. The van der Waals surface area contributed by atoms with Crippen molar-refractivity contribution in [2.24, 2.45) is 0 Å². The molecule has 2 aromatic heterocycles. The Morgan fingerprint density at radius 1 is 0.952 bits per heavy atom. The second-order valence-corrected chi connectivity index (χ2v) is 11.1. The first kappa shape index (κ1) is 29.1. The molecular weight excluding hydrogens is 526 g/mol. The molecule has 8 heteroatoms. The number of carbonyl (C=O) groups is 1. The van der Waals surface area contributed by atoms with Gasteiger partial charge in [-0.05, 0) is 76.2 Å². The summed E-state index contributed by atoms with van der Waals surface area (Å²) in [6, 6.07) is 19.8. The number of aromatic nitrogens is 4. The largest absolute Gasteiger partial charge is 0.511 e. The molecule has 0 saturated carbocycles. The standard InChI is InChI=1S/C34H39N5O3/c1-7-10-31-36-32-22(2)19-27(33-35-23(3)24(4)38(33)18-17-37(5)6)20-29(32)39(31)21-25-13-15-26(16-14-25)28-11-8-9-12-30(28)42-34(40)41/h8-9,11-16,19-20H,7,10,17-18,21H2,1-6H3,(H,40,41). The summed E-state index contributed by atoms with van der Waals surface area (Å²) in [4.78, 5) is 23.5. The molecule has 1 N–H and O–H groups in total. The smallest absolute Gasteiger partial charge is 0.449 e. The van der Waals surface area contributed by atoms with Crippen LogP contribution in [0.25, 0.3) is 33.5 Å². The van der Waals surface area contributed by atoms with Crippen LogP contribution in [0.15, 0.2) is 60.7 Å². The Morgan fingerprint density at radius 2 is 1.69 bits per heavy atom. The number of benzene rings is 3. The Kier molecular flexibility index (Phi) is 8.45. The molecule has 0 fully saturated rings. The van der Waals surface area contributed by atoms with E-state index >= 15 is 0 Å². The molecule has 2 heterocycles. The van der Waals surface area contributed by atoms with E-state index in [9.17, 15) is 4.79 Å². The minimum Gasteiger partial charge on any atom is -0.449 e. The van der Waals surface area contributed by atoms with Gasteiger partial charge in [-0.15, -0.1) is 0 Å². The Morgan fingerprint density at radius 3 is 2.38 bits per heavy atom. The summed E-state index contributed by atoms with van der Waals surface area (Å²) < 4.78 is 9.66. The molecule has 0 bridgehead atoms. The maximum Gasteiger partial charge on any atom is 0.511 e. The van der Waals surface area contributed by atoms with Crippen LogP contribution in [0.3, 0.4) is 0 Å². The van der Waals surface area contributed by atoms with Gasteiger partial charge in [0.15, 0.2) is 0 Å². The number of hydrogen-bond acceptors (Lipinski definition) is 5. The summed E-state index contributed by atoms with van der Waals surface area (Å²) in [7, 11) is 4.19. The lowest BCUT2D eigenvalue weighted by molar-refractivity contribution is 0.144. The molecule has 0 aliphatic heterocycles. The molecule has 8 nitrogen and oxygen atoms in total. The van der Waals surface area contributed by atoms with Crippen LogP contribution in [0.4, 0.5) is 4.79 Å². The zero-order valence-electron chi connectivity index (χ0n) is 25.3. The maximum atomic E-state index is 11.2. The first-order valence-electron chi connectivity index (χ1n) is 14.4. The molecule has 0 spiro atoms. The molecule has 3 aromatic carbocycles. The molecule has 5 aromatic rings. The highest BCUT2D eigenvalue weighted by Gasteiger charge is 2.19. The van der Waals surface area contributed by atoms with E-state index in [0.29, 0.717) is 12.3 Å². The lowest BCUT2D eigenvalue weighted by atomic mass is 10.0. The maximum absolute atomic E-state index is 11.2. The van der Waals surface area contributed by atoms with Gasteiger partial charge in [0.1, 0.15) is 17.4 Å². The second kappa shape index (κ2) is 12.2. The highest BCUT2D eigenvalue weighted by atomic mass is 16.7. The monoisotopic (exact) mass is 565 g/mol. The van der Waals surface area contributed by atoms with Gasteiger partial charge >= 0.3 is 6.16 Å². The van der Waals surface area contributed by atoms with Crippen molar-refractivity contribution in [2.75, 3.05) is 20.6 Å². The van der Waals surface area contributed by atoms with Crippen LogP contribution in [0, 0.1) is 20.8 Å². The fourth-order valence-electron chi connectivity index (χ4n) is 5.47. The number of fused-ring (bicyclic) bond motifs is 1. The number of ether oxygens (including phenoxy) is 1. The summed E-state index contributed by atoms with van der Waals surface area (Å²) in [5.41, 5.74) is 9.39. The highest BCUT2D eigenvalue weighted by molar-refractivity contribution is 5.85. The molecular formula is C34H39N5O3. The first-order valence-corrected chi connectivity index (χ1v) is 14.4. The van der Waals surface area contributed by atoms with E-state index in [2.05, 4.69) is 80.1 Å². The average Bonchev–Trinajstić information content (AvgIpc) is 3.44. The minimum atomic E-state index is -1.32. The third kappa shape index (κ3) is 5.94. The lowest BCUT2D eigenvalue weighted by Gasteiger charge is -2.15. The third-order valence-electron chi connectivity index (χ3n) is 7.77. The van der Waals surface area contributed by atoms with Crippen molar-refractivity contribution < 1.29 is 14.6 Å². The average molecular weight is 566 g/mol. The molecule has 42 heavy (non-hydrogen) atoms. The van der Waals surface area contributed by atoms with Gasteiger partial charge < -0.3 is 23.9 Å². The summed E-state index contributed by atoms with van der Waals surface area (Å²) >= 11 is 0. The van der Waals surface area contributed by atoms with E-state index in [-0.39, 0.29) is 0 Å². The predicted octanol–water partition coefficient (Wildman–Crippen LogP) is 7.11. The number of imidazole rings is 2. The van der Waals surface area contributed by atoms with Crippen molar-refractivity contribution in [1.29, 1.82) is 0 Å². The quantitative estimate of drug-likeness (QED) is 0.143. The van der Waals surface area contributed by atoms with E-state index in [1.807, 2.05) is 24.3 Å². The number of likely N-dealkylation sites (N-methyl/N-ethyl adjacent to an activating group) is 1. The van der Waals surface area contributed by atoms with Gasteiger partial charge in [-0.25, -0.2) is 14.8 Å². The van der Waals surface area contributed by atoms with Crippen LogP contribution < -0.4 is 4.74 Å². The van der Waals surface area contributed by atoms with Crippen LogP contribution in [0.5, 0.6) is 5.75 Å². The van der Waals surface area contributed by atoms with Gasteiger partial charge in [-0.3, -0.25) is 0 Å². The van der Waals surface area contributed by atoms with Crippen molar-refractivity contribution >= 4 is 17.2 Å².